The van der Waals surface area contributed by atoms with Crippen molar-refractivity contribution in [3.05, 3.63) is 65.7 Å². The third kappa shape index (κ3) is 2.20. The van der Waals surface area contributed by atoms with Gasteiger partial charge in [0.25, 0.3) is 5.91 Å². The van der Waals surface area contributed by atoms with Crippen LogP contribution in [-0.4, -0.2) is 31.3 Å². The van der Waals surface area contributed by atoms with Gasteiger partial charge in [0.15, 0.2) is 6.10 Å². The van der Waals surface area contributed by atoms with Crippen LogP contribution in [0.25, 0.3) is 0 Å². The van der Waals surface area contributed by atoms with E-state index in [2.05, 4.69) is 6.07 Å². The number of anilines is 1. The molecule has 0 spiro atoms. The lowest BCUT2D eigenvalue weighted by Gasteiger charge is -2.45. The largest absolute Gasteiger partial charge is 0.369 e. The first-order valence-electron chi connectivity index (χ1n) is 7.81. The van der Waals surface area contributed by atoms with E-state index >= 15 is 0 Å². The van der Waals surface area contributed by atoms with Crippen LogP contribution in [0, 0.1) is 11.3 Å². The summed E-state index contributed by atoms with van der Waals surface area (Å²) in [6.45, 7) is 0. The Kier molecular flexibility index (Phi) is 3.57. The summed E-state index contributed by atoms with van der Waals surface area (Å²) in [6.07, 6.45) is -0.698. The number of benzene rings is 2. The molecule has 2 aromatic rings. The maximum atomic E-state index is 12.5. The Labute approximate surface area is 140 Å². The number of ether oxygens (including phenoxy) is 2. The number of nitriles is 1. The molecule has 0 N–H and O–H groups in total. The van der Waals surface area contributed by atoms with Crippen LogP contribution in [0.1, 0.15) is 17.2 Å². The summed E-state index contributed by atoms with van der Waals surface area (Å²) in [5.74, 6) is -0.132. The summed E-state index contributed by atoms with van der Waals surface area (Å²) in [6, 6.07) is 19.0. The second-order valence-corrected chi connectivity index (χ2v) is 5.92. The first-order chi connectivity index (χ1) is 11.8. The van der Waals surface area contributed by atoms with Crippen LogP contribution in [0.15, 0.2) is 54.6 Å². The molecular formula is C19H16N2O3. The molecule has 0 unspecified atom stereocenters. The Morgan fingerprint density at radius 2 is 1.83 bits per heavy atom. The van der Waals surface area contributed by atoms with E-state index in [9.17, 15) is 10.1 Å². The Hall–Kier alpha value is -2.68. The van der Waals surface area contributed by atoms with Crippen LogP contribution in [-0.2, 0) is 14.3 Å². The molecule has 0 bridgehead atoms. The molecule has 0 aliphatic carbocycles. The summed E-state index contributed by atoms with van der Waals surface area (Å²) in [5.41, 5.74) is 2.18. The molecule has 120 valence electrons. The van der Waals surface area contributed by atoms with Gasteiger partial charge in [-0.3, -0.25) is 9.69 Å². The highest BCUT2D eigenvalue weighted by molar-refractivity contribution is 6.06. The lowest BCUT2D eigenvalue weighted by Crippen LogP contribution is -2.68. The third-order valence-corrected chi connectivity index (χ3v) is 4.62. The number of carbonyl (C=O) groups is 1. The summed E-state index contributed by atoms with van der Waals surface area (Å²) in [5, 5.41) is 9.32. The van der Waals surface area contributed by atoms with Crippen molar-refractivity contribution in [3.8, 4) is 6.07 Å². The Morgan fingerprint density at radius 1 is 1.12 bits per heavy atom. The molecule has 4 atom stereocenters. The zero-order valence-corrected chi connectivity index (χ0v) is 13.1. The topological polar surface area (TPSA) is 65.9 Å². The minimum Gasteiger partial charge on any atom is -0.369 e. The highest BCUT2D eigenvalue weighted by Crippen LogP contribution is 2.48. The molecule has 2 saturated heterocycles. The number of rotatable bonds is 4. The van der Waals surface area contributed by atoms with E-state index in [1.54, 1.807) is 23.1 Å². The van der Waals surface area contributed by atoms with Crippen molar-refractivity contribution in [2.24, 2.45) is 0 Å². The third-order valence-electron chi connectivity index (χ3n) is 4.62. The van der Waals surface area contributed by atoms with Crippen LogP contribution in [0.5, 0.6) is 0 Å². The molecule has 0 aromatic heterocycles. The van der Waals surface area contributed by atoms with E-state index in [1.807, 2.05) is 36.4 Å². The van der Waals surface area contributed by atoms with Crippen molar-refractivity contribution in [1.29, 1.82) is 5.26 Å². The van der Waals surface area contributed by atoms with Crippen LogP contribution >= 0.6 is 0 Å². The average molecular weight is 320 g/mol. The Bertz CT molecular complexity index is 815. The summed E-state index contributed by atoms with van der Waals surface area (Å²) in [4.78, 5) is 14.1. The SMILES string of the molecule is CO[C@@H]1C(=O)N(c2ccccc2C#N)[C@H]1[C@@H]1O[C@@H]1c1ccccc1. The molecule has 2 fully saturated rings. The molecule has 2 heterocycles. The number of amides is 1. The van der Waals surface area contributed by atoms with Gasteiger partial charge in [0.2, 0.25) is 0 Å². The number of nitrogens with zero attached hydrogens (tertiary/aromatic N) is 2. The van der Waals surface area contributed by atoms with E-state index in [-0.39, 0.29) is 24.2 Å². The van der Waals surface area contributed by atoms with Gasteiger partial charge in [-0.05, 0) is 17.7 Å². The standard InChI is InChI=1S/C19H16N2O3/c1-23-18-15(17-16(24-17)12-7-3-2-4-8-12)21(19(18)22)14-10-6-5-9-13(14)11-20/h2-10,15-18H,1H3/t15-,16+,17-,18-/m0/s1. The zero-order chi connectivity index (χ0) is 16.7. The van der Waals surface area contributed by atoms with E-state index in [0.717, 1.165) is 5.56 Å². The molecule has 2 aliphatic rings. The predicted octanol–water partition coefficient (Wildman–Crippen LogP) is 2.43. The lowest BCUT2D eigenvalue weighted by molar-refractivity contribution is -0.140. The van der Waals surface area contributed by atoms with E-state index < -0.39 is 6.10 Å². The molecule has 24 heavy (non-hydrogen) atoms. The molecule has 0 saturated carbocycles. The quantitative estimate of drug-likeness (QED) is 0.641. The highest BCUT2D eigenvalue weighted by atomic mass is 16.6. The van der Waals surface area contributed by atoms with Crippen LogP contribution < -0.4 is 4.90 Å². The second kappa shape index (κ2) is 5.75. The first-order valence-corrected chi connectivity index (χ1v) is 7.81. The summed E-state index contributed by atoms with van der Waals surface area (Å²) in [7, 11) is 1.53. The van der Waals surface area contributed by atoms with Gasteiger partial charge in [0, 0.05) is 7.11 Å². The van der Waals surface area contributed by atoms with Gasteiger partial charge in [-0.15, -0.1) is 0 Å². The van der Waals surface area contributed by atoms with Crippen LogP contribution in [0.2, 0.25) is 0 Å². The molecular weight excluding hydrogens is 304 g/mol. The number of methoxy groups -OCH3 is 1. The highest BCUT2D eigenvalue weighted by Gasteiger charge is 2.61. The van der Waals surface area contributed by atoms with Gasteiger partial charge in [-0.1, -0.05) is 42.5 Å². The zero-order valence-electron chi connectivity index (χ0n) is 13.1. The van der Waals surface area contributed by atoms with E-state index in [1.165, 1.54) is 7.11 Å². The number of para-hydroxylation sites is 1. The van der Waals surface area contributed by atoms with E-state index in [0.29, 0.717) is 11.3 Å². The Balaban J connectivity index is 1.64. The van der Waals surface area contributed by atoms with Crippen molar-refractivity contribution >= 4 is 11.6 Å². The smallest absolute Gasteiger partial charge is 0.258 e. The first kappa shape index (κ1) is 14.9. The molecule has 2 aromatic carbocycles. The molecule has 4 rings (SSSR count). The van der Waals surface area contributed by atoms with Crippen molar-refractivity contribution in [2.45, 2.75) is 24.4 Å². The van der Waals surface area contributed by atoms with Crippen LogP contribution in [0.3, 0.4) is 0 Å². The average Bonchev–Trinajstić information content (AvgIpc) is 3.41. The summed E-state index contributed by atoms with van der Waals surface area (Å²) < 4.78 is 11.2. The number of β-lactam (4-membered cyclic amide) rings is 1. The fourth-order valence-electron chi connectivity index (χ4n) is 3.39. The maximum absolute atomic E-state index is 12.5. The molecule has 1 amide bonds. The van der Waals surface area contributed by atoms with Gasteiger partial charge in [0.05, 0.1) is 11.3 Å². The summed E-state index contributed by atoms with van der Waals surface area (Å²) >= 11 is 0. The fraction of sp³-hybridized carbons (Fsp3) is 0.263. The van der Waals surface area contributed by atoms with Gasteiger partial charge in [0.1, 0.15) is 24.3 Å². The number of epoxide rings is 1. The van der Waals surface area contributed by atoms with Crippen molar-refractivity contribution < 1.29 is 14.3 Å². The molecule has 0 radical (unpaired) electrons. The van der Waals surface area contributed by atoms with Gasteiger partial charge in [-0.25, -0.2) is 0 Å². The minimum absolute atomic E-state index is 0.0429. The van der Waals surface area contributed by atoms with Gasteiger partial charge in [-0.2, -0.15) is 5.26 Å². The Morgan fingerprint density at radius 3 is 2.54 bits per heavy atom. The molecule has 5 heteroatoms. The van der Waals surface area contributed by atoms with Crippen molar-refractivity contribution in [1.82, 2.24) is 0 Å². The van der Waals surface area contributed by atoms with Gasteiger partial charge < -0.3 is 9.47 Å². The minimum atomic E-state index is -0.532. The predicted molar refractivity (Wildman–Crippen MR) is 87.3 cm³/mol. The molecule has 5 nitrogen and oxygen atoms in total. The number of carbonyl (C=O) groups excluding carboxylic acids is 1. The monoisotopic (exact) mass is 320 g/mol. The maximum Gasteiger partial charge on any atom is 0.258 e. The fourth-order valence-corrected chi connectivity index (χ4v) is 3.39. The van der Waals surface area contributed by atoms with E-state index in [4.69, 9.17) is 9.47 Å². The number of hydrogen-bond donors (Lipinski definition) is 0. The van der Waals surface area contributed by atoms with Crippen molar-refractivity contribution in [2.75, 3.05) is 12.0 Å². The second-order valence-electron chi connectivity index (χ2n) is 5.92. The van der Waals surface area contributed by atoms with Crippen molar-refractivity contribution in [3.63, 3.8) is 0 Å². The molecule has 2 aliphatic heterocycles. The normalized spacial score (nSPS) is 28.2. The lowest BCUT2D eigenvalue weighted by atomic mass is 9.90. The van der Waals surface area contributed by atoms with Crippen LogP contribution in [0.4, 0.5) is 5.69 Å². The van der Waals surface area contributed by atoms with Gasteiger partial charge >= 0.3 is 0 Å². The number of hydrogen-bond acceptors (Lipinski definition) is 4.